The van der Waals surface area contributed by atoms with Crippen molar-refractivity contribution in [2.45, 2.75) is 57.4 Å². The van der Waals surface area contributed by atoms with Gasteiger partial charge in [-0.1, -0.05) is 0 Å². The summed E-state index contributed by atoms with van der Waals surface area (Å²) in [6, 6.07) is 0. The normalized spacial score (nSPS) is 40.5. The topological polar surface area (TPSA) is 68.9 Å². The van der Waals surface area contributed by atoms with Crippen LogP contribution in [0.3, 0.4) is 0 Å². The van der Waals surface area contributed by atoms with E-state index in [-0.39, 0.29) is 16.7 Å². The summed E-state index contributed by atoms with van der Waals surface area (Å²) in [5, 5.41) is 0. The van der Waals surface area contributed by atoms with Crippen molar-refractivity contribution in [2.24, 2.45) is 23.0 Å². The van der Waals surface area contributed by atoms with Gasteiger partial charge in [-0.05, 0) is 62.7 Å². The van der Waals surface area contributed by atoms with Crippen LogP contribution in [0.25, 0.3) is 0 Å². The Balaban J connectivity index is 1.58. The van der Waals surface area contributed by atoms with E-state index in [0.717, 1.165) is 24.0 Å². The van der Waals surface area contributed by atoms with Crippen molar-refractivity contribution < 1.29 is 4.79 Å². The second-order valence-corrected chi connectivity index (χ2v) is 7.97. The highest BCUT2D eigenvalue weighted by Gasteiger charge is 2.56. The van der Waals surface area contributed by atoms with Crippen LogP contribution >= 0.6 is 0 Å². The van der Waals surface area contributed by atoms with Crippen LogP contribution in [-0.2, 0) is 0 Å². The van der Waals surface area contributed by atoms with Crippen LogP contribution in [0.1, 0.15) is 61.1 Å². The lowest BCUT2D eigenvalue weighted by atomic mass is 9.46. The summed E-state index contributed by atoms with van der Waals surface area (Å²) < 4.78 is 0. The van der Waals surface area contributed by atoms with Crippen molar-refractivity contribution in [3.05, 3.63) is 23.8 Å². The highest BCUT2D eigenvalue weighted by Crippen LogP contribution is 2.62. The Morgan fingerprint density at radius 1 is 1.29 bits per heavy atom. The smallest absolute Gasteiger partial charge is 0.183 e. The van der Waals surface area contributed by atoms with Gasteiger partial charge in [0.25, 0.3) is 0 Å². The third-order valence-electron chi connectivity index (χ3n) is 5.80. The van der Waals surface area contributed by atoms with Crippen LogP contribution < -0.4 is 5.73 Å². The first kappa shape index (κ1) is 13.4. The molecule has 4 bridgehead atoms. The second-order valence-electron chi connectivity index (χ2n) is 7.97. The van der Waals surface area contributed by atoms with E-state index in [1.807, 2.05) is 6.92 Å². The lowest BCUT2D eigenvalue weighted by Gasteiger charge is -2.61. The zero-order valence-electron chi connectivity index (χ0n) is 12.6. The molecule has 0 radical (unpaired) electrons. The van der Waals surface area contributed by atoms with E-state index >= 15 is 0 Å². The molecule has 1 heterocycles. The minimum Gasteiger partial charge on any atom is -0.325 e. The Morgan fingerprint density at radius 2 is 2.00 bits per heavy atom. The first-order valence-corrected chi connectivity index (χ1v) is 8.06. The third-order valence-corrected chi connectivity index (χ3v) is 5.80. The van der Waals surface area contributed by atoms with Crippen molar-refractivity contribution in [3.8, 4) is 0 Å². The molecule has 4 fully saturated rings. The van der Waals surface area contributed by atoms with E-state index < -0.39 is 0 Å². The summed E-state index contributed by atoms with van der Waals surface area (Å²) in [4.78, 5) is 21.1. The highest BCUT2D eigenvalue weighted by atomic mass is 16.1. The van der Waals surface area contributed by atoms with Crippen LogP contribution in [0.5, 0.6) is 0 Å². The van der Waals surface area contributed by atoms with E-state index in [2.05, 4.69) is 9.97 Å². The van der Waals surface area contributed by atoms with Crippen LogP contribution in [-0.4, -0.2) is 21.3 Å². The lowest BCUT2D eigenvalue weighted by Crippen LogP contribution is -2.60. The van der Waals surface area contributed by atoms with Crippen LogP contribution in [0, 0.1) is 24.2 Å². The fourth-order valence-electron chi connectivity index (χ4n) is 5.76. The number of carbonyl (C=O) groups excluding carboxylic acids is 1. The molecule has 21 heavy (non-hydrogen) atoms. The molecule has 1 aromatic rings. The molecule has 2 N–H and O–H groups in total. The van der Waals surface area contributed by atoms with Crippen molar-refractivity contribution in [1.29, 1.82) is 0 Å². The van der Waals surface area contributed by atoms with Gasteiger partial charge in [0, 0.05) is 18.2 Å². The molecule has 4 saturated carbocycles. The molecular weight excluding hydrogens is 262 g/mol. The average molecular weight is 285 g/mol. The first-order valence-electron chi connectivity index (χ1n) is 8.06. The Morgan fingerprint density at radius 3 is 2.62 bits per heavy atom. The Kier molecular flexibility index (Phi) is 2.77. The molecule has 1 aromatic heterocycles. The molecule has 0 saturated heterocycles. The predicted molar refractivity (Wildman–Crippen MR) is 79.7 cm³/mol. The largest absolute Gasteiger partial charge is 0.325 e. The van der Waals surface area contributed by atoms with E-state index in [1.54, 1.807) is 12.4 Å². The summed E-state index contributed by atoms with van der Waals surface area (Å²) in [5.74, 6) is 1.64. The molecule has 4 heteroatoms. The molecule has 4 aliphatic carbocycles. The molecule has 2 atom stereocenters. The molecule has 4 aliphatic rings. The van der Waals surface area contributed by atoms with Gasteiger partial charge >= 0.3 is 0 Å². The maximum atomic E-state index is 12.6. The number of carbonyl (C=O) groups is 1. The summed E-state index contributed by atoms with van der Waals surface area (Å²) in [6.45, 7) is 1.88. The second kappa shape index (κ2) is 4.35. The number of Topliss-reactive ketones (excluding diaryl/α,β-unsaturated/α-hetero) is 1. The van der Waals surface area contributed by atoms with Gasteiger partial charge in [-0.25, -0.2) is 4.98 Å². The summed E-state index contributed by atoms with van der Waals surface area (Å²) in [7, 11) is 0. The molecule has 0 spiro atoms. The Hall–Kier alpha value is -1.29. The first-order chi connectivity index (χ1) is 9.95. The number of hydrogen-bond donors (Lipinski definition) is 1. The van der Waals surface area contributed by atoms with E-state index in [4.69, 9.17) is 5.73 Å². The molecule has 2 unspecified atom stereocenters. The molecule has 0 aromatic carbocycles. The van der Waals surface area contributed by atoms with Crippen molar-refractivity contribution >= 4 is 5.78 Å². The van der Waals surface area contributed by atoms with Crippen molar-refractivity contribution in [1.82, 2.24) is 9.97 Å². The molecule has 112 valence electrons. The Labute approximate surface area is 125 Å². The molecule has 4 nitrogen and oxygen atoms in total. The monoisotopic (exact) mass is 285 g/mol. The van der Waals surface area contributed by atoms with Crippen LogP contribution in [0.2, 0.25) is 0 Å². The SMILES string of the molecule is Cc1cncc(C(=O)CC23CC4CC(CC(N)(C4)C2)C3)n1. The van der Waals surface area contributed by atoms with Crippen molar-refractivity contribution in [2.75, 3.05) is 0 Å². The Bertz CT molecular complexity index is 583. The summed E-state index contributed by atoms with van der Waals surface area (Å²) >= 11 is 0. The van der Waals surface area contributed by atoms with E-state index in [0.29, 0.717) is 12.1 Å². The number of aromatic nitrogens is 2. The number of ketones is 1. The average Bonchev–Trinajstić information content (AvgIpc) is 2.34. The summed E-state index contributed by atoms with van der Waals surface area (Å²) in [6.07, 6.45) is 11.0. The number of aryl methyl sites for hydroxylation is 1. The van der Waals surface area contributed by atoms with Gasteiger partial charge < -0.3 is 5.73 Å². The number of hydrogen-bond acceptors (Lipinski definition) is 4. The number of nitrogens with two attached hydrogens (primary N) is 1. The van der Waals surface area contributed by atoms with Gasteiger partial charge in [-0.3, -0.25) is 9.78 Å². The van der Waals surface area contributed by atoms with Gasteiger partial charge in [0.1, 0.15) is 5.69 Å². The van der Waals surface area contributed by atoms with Crippen LogP contribution in [0.15, 0.2) is 12.4 Å². The van der Waals surface area contributed by atoms with Gasteiger partial charge in [-0.15, -0.1) is 0 Å². The standard InChI is InChI=1S/C17H23N3O/c1-11-8-19-9-14(20-11)15(21)7-16-3-12-2-13(4-16)6-17(18,5-12)10-16/h8-9,12-13H,2-7,10,18H2,1H3. The van der Waals surface area contributed by atoms with Gasteiger partial charge in [0.2, 0.25) is 0 Å². The minimum atomic E-state index is 0.00263. The predicted octanol–water partition coefficient (Wildman–Crippen LogP) is 2.66. The number of nitrogens with zero attached hydrogens (tertiary/aromatic N) is 2. The third kappa shape index (κ3) is 2.30. The zero-order valence-corrected chi connectivity index (χ0v) is 12.6. The van der Waals surface area contributed by atoms with Gasteiger partial charge in [0.05, 0.1) is 11.9 Å². The quantitative estimate of drug-likeness (QED) is 0.867. The molecule has 0 amide bonds. The van der Waals surface area contributed by atoms with Crippen molar-refractivity contribution in [3.63, 3.8) is 0 Å². The fourth-order valence-corrected chi connectivity index (χ4v) is 5.76. The molecule has 5 rings (SSSR count). The lowest BCUT2D eigenvalue weighted by molar-refractivity contribution is -0.0664. The maximum absolute atomic E-state index is 12.6. The maximum Gasteiger partial charge on any atom is 0.183 e. The van der Waals surface area contributed by atoms with E-state index in [9.17, 15) is 4.79 Å². The van der Waals surface area contributed by atoms with Crippen LogP contribution in [0.4, 0.5) is 0 Å². The number of rotatable bonds is 3. The molecular formula is C17H23N3O. The minimum absolute atomic E-state index is 0.00263. The highest BCUT2D eigenvalue weighted by molar-refractivity contribution is 5.94. The zero-order chi connectivity index (χ0) is 14.7. The fraction of sp³-hybridized carbons (Fsp3) is 0.706. The summed E-state index contributed by atoms with van der Waals surface area (Å²) in [5.41, 5.74) is 8.08. The van der Waals surface area contributed by atoms with E-state index in [1.165, 1.54) is 32.1 Å². The van der Waals surface area contributed by atoms with Gasteiger partial charge in [-0.2, -0.15) is 0 Å². The molecule has 0 aliphatic heterocycles. The van der Waals surface area contributed by atoms with Gasteiger partial charge in [0.15, 0.2) is 5.78 Å².